The van der Waals surface area contributed by atoms with E-state index in [1.54, 1.807) is 29.3 Å². The number of aryl methyl sites for hydroxylation is 1. The van der Waals surface area contributed by atoms with Gasteiger partial charge in [-0.15, -0.1) is 0 Å². The lowest BCUT2D eigenvalue weighted by molar-refractivity contribution is 0.0978. The van der Waals surface area contributed by atoms with Gasteiger partial charge in [-0.1, -0.05) is 6.07 Å². The highest BCUT2D eigenvalue weighted by molar-refractivity contribution is 6.09. The van der Waals surface area contributed by atoms with Crippen LogP contribution >= 0.6 is 0 Å². The van der Waals surface area contributed by atoms with Crippen molar-refractivity contribution in [3.05, 3.63) is 94.8 Å². The Kier molecular flexibility index (Phi) is 9.13. The molecule has 0 spiro atoms. The summed E-state index contributed by atoms with van der Waals surface area (Å²) in [5.74, 6) is -0.289. The smallest absolute Gasteiger partial charge is 0.263 e. The first-order chi connectivity index (χ1) is 23.7. The zero-order valence-corrected chi connectivity index (χ0v) is 27.8. The topological polar surface area (TPSA) is 96.9 Å². The number of likely N-dealkylation sites (N-methyl/N-ethyl adjacent to an activating group) is 1. The molecule has 10 nitrogen and oxygen atoms in total. The Bertz CT molecular complexity index is 1850. The molecule has 0 atom stereocenters. The molecule has 2 fully saturated rings. The molecule has 4 heterocycles. The maximum Gasteiger partial charge on any atom is 0.263 e. The summed E-state index contributed by atoms with van der Waals surface area (Å²) in [5, 5.41) is 6.13. The molecule has 2 amide bonds. The molecule has 254 valence electrons. The van der Waals surface area contributed by atoms with Gasteiger partial charge in [-0.25, -0.2) is 18.7 Å². The Labute approximate surface area is 284 Å². The number of aromatic nitrogens is 2. The maximum atomic E-state index is 13.7. The van der Waals surface area contributed by atoms with E-state index in [2.05, 4.69) is 49.6 Å². The van der Waals surface area contributed by atoms with Gasteiger partial charge in [0.05, 0.1) is 11.3 Å². The molecule has 4 aromatic rings. The number of alkyl halides is 2. The fourth-order valence-electron chi connectivity index (χ4n) is 6.72. The van der Waals surface area contributed by atoms with Gasteiger partial charge in [0, 0.05) is 98.0 Å². The molecular formula is C37H40F2N8O2. The van der Waals surface area contributed by atoms with Crippen LogP contribution in [0, 0.1) is 6.92 Å². The van der Waals surface area contributed by atoms with Gasteiger partial charge >= 0.3 is 0 Å². The molecule has 0 aliphatic carbocycles. The van der Waals surface area contributed by atoms with Gasteiger partial charge in [-0.3, -0.25) is 9.59 Å². The summed E-state index contributed by atoms with van der Waals surface area (Å²) in [6, 6.07) is 17.9. The fourth-order valence-corrected chi connectivity index (χ4v) is 6.72. The van der Waals surface area contributed by atoms with E-state index in [1.165, 1.54) is 17.8 Å². The number of rotatable bonds is 8. The Balaban J connectivity index is 1.04. The van der Waals surface area contributed by atoms with Gasteiger partial charge in [-0.2, -0.15) is 0 Å². The van der Waals surface area contributed by atoms with Crippen LogP contribution in [-0.2, 0) is 6.42 Å². The SMILES string of the molecule is Cc1ccc(NC(=O)c2cc(C(F)F)cc(N3CCCC3)c2)cc1N1CCc2nc(Nc3ccc(N4CCN(C)CC4)cc3)ncc2C1=O. The van der Waals surface area contributed by atoms with E-state index in [0.717, 1.165) is 63.4 Å². The van der Waals surface area contributed by atoms with Crippen LogP contribution in [0.15, 0.2) is 66.9 Å². The zero-order chi connectivity index (χ0) is 34.1. The first-order valence-corrected chi connectivity index (χ1v) is 16.8. The summed E-state index contributed by atoms with van der Waals surface area (Å²) in [7, 11) is 2.14. The second kappa shape index (κ2) is 13.8. The first kappa shape index (κ1) is 32.4. The third kappa shape index (κ3) is 7.05. The molecule has 7 rings (SSSR count). The number of carbonyl (C=O) groups excluding carboxylic acids is 2. The van der Waals surface area contributed by atoms with Crippen molar-refractivity contribution in [3.8, 4) is 0 Å². The highest BCUT2D eigenvalue weighted by Gasteiger charge is 2.29. The van der Waals surface area contributed by atoms with Gasteiger partial charge in [0.25, 0.3) is 18.2 Å². The number of anilines is 6. The Morgan fingerprint density at radius 3 is 2.29 bits per heavy atom. The van der Waals surface area contributed by atoms with Crippen LogP contribution in [0.2, 0.25) is 0 Å². The van der Waals surface area contributed by atoms with E-state index in [4.69, 9.17) is 0 Å². The van der Waals surface area contributed by atoms with Gasteiger partial charge in [-0.05, 0) is 87.0 Å². The number of carbonyl (C=O) groups is 2. The van der Waals surface area contributed by atoms with E-state index in [9.17, 15) is 18.4 Å². The molecule has 49 heavy (non-hydrogen) atoms. The lowest BCUT2D eigenvalue weighted by Crippen LogP contribution is -2.44. The van der Waals surface area contributed by atoms with Crippen molar-refractivity contribution in [2.75, 3.05) is 78.2 Å². The van der Waals surface area contributed by atoms with Crippen molar-refractivity contribution < 1.29 is 18.4 Å². The highest BCUT2D eigenvalue weighted by atomic mass is 19.3. The largest absolute Gasteiger partial charge is 0.372 e. The van der Waals surface area contributed by atoms with Crippen LogP contribution < -0.4 is 25.3 Å². The zero-order valence-electron chi connectivity index (χ0n) is 27.8. The van der Waals surface area contributed by atoms with Crippen molar-refractivity contribution in [3.63, 3.8) is 0 Å². The predicted octanol–water partition coefficient (Wildman–Crippen LogP) is 6.27. The molecule has 0 unspecified atom stereocenters. The average molecular weight is 667 g/mol. The standard InChI is InChI=1S/C37H40F2N8O2/c1-24-5-6-28(41-35(48)26-19-25(34(38)39)20-30(21-26)45-12-3-4-13-45)22-33(24)47-14-11-32-31(36(47)49)23-40-37(43-32)42-27-7-9-29(10-8-27)46-17-15-44(2)16-18-46/h5-10,19-23,34H,3-4,11-18H2,1-2H3,(H,41,48)(H,40,42,43). The number of hydrogen-bond donors (Lipinski definition) is 2. The summed E-state index contributed by atoms with van der Waals surface area (Å²) in [5.41, 5.74) is 5.71. The number of amides is 2. The maximum absolute atomic E-state index is 13.7. The summed E-state index contributed by atoms with van der Waals surface area (Å²) < 4.78 is 27.5. The summed E-state index contributed by atoms with van der Waals surface area (Å²) in [6.45, 7) is 7.93. The molecule has 0 saturated carbocycles. The van der Waals surface area contributed by atoms with Crippen LogP contribution in [0.5, 0.6) is 0 Å². The van der Waals surface area contributed by atoms with Crippen molar-refractivity contribution in [1.82, 2.24) is 14.9 Å². The second-order valence-corrected chi connectivity index (χ2v) is 13.0. The second-order valence-electron chi connectivity index (χ2n) is 13.0. The number of fused-ring (bicyclic) bond motifs is 1. The molecule has 0 bridgehead atoms. The number of nitrogens with zero attached hydrogens (tertiary/aromatic N) is 6. The van der Waals surface area contributed by atoms with E-state index >= 15 is 0 Å². The fraction of sp³-hybridized carbons (Fsp3) is 0.351. The van der Waals surface area contributed by atoms with Gasteiger partial charge in [0.1, 0.15) is 0 Å². The Hall–Kier alpha value is -5.10. The normalized spacial score (nSPS) is 16.7. The quantitative estimate of drug-likeness (QED) is 0.227. The molecule has 3 aliphatic heterocycles. The lowest BCUT2D eigenvalue weighted by atomic mass is 10.0. The summed E-state index contributed by atoms with van der Waals surface area (Å²) in [6.07, 6.45) is 1.37. The minimum Gasteiger partial charge on any atom is -0.372 e. The van der Waals surface area contributed by atoms with E-state index < -0.39 is 12.3 Å². The van der Waals surface area contributed by atoms with E-state index in [1.807, 2.05) is 30.0 Å². The van der Waals surface area contributed by atoms with Gasteiger partial charge in [0.15, 0.2) is 0 Å². The lowest BCUT2D eigenvalue weighted by Gasteiger charge is -2.34. The first-order valence-electron chi connectivity index (χ1n) is 16.8. The number of benzene rings is 3. The van der Waals surface area contributed by atoms with Crippen LogP contribution in [0.25, 0.3) is 0 Å². The molecule has 3 aromatic carbocycles. The molecular weight excluding hydrogens is 626 g/mol. The molecule has 12 heteroatoms. The van der Waals surface area contributed by atoms with Gasteiger partial charge in [0.2, 0.25) is 5.95 Å². The van der Waals surface area contributed by atoms with Crippen LogP contribution in [0.3, 0.4) is 0 Å². The van der Waals surface area contributed by atoms with Crippen LogP contribution in [0.4, 0.5) is 43.2 Å². The van der Waals surface area contributed by atoms with Crippen molar-refractivity contribution in [2.45, 2.75) is 32.6 Å². The number of halogens is 2. The minimum atomic E-state index is -2.69. The molecule has 2 saturated heterocycles. The highest BCUT2D eigenvalue weighted by Crippen LogP contribution is 2.32. The predicted molar refractivity (Wildman–Crippen MR) is 189 cm³/mol. The molecule has 0 radical (unpaired) electrons. The summed E-state index contributed by atoms with van der Waals surface area (Å²) >= 11 is 0. The van der Waals surface area contributed by atoms with Crippen molar-refractivity contribution in [1.29, 1.82) is 0 Å². The monoisotopic (exact) mass is 666 g/mol. The third-order valence-electron chi connectivity index (χ3n) is 9.59. The Morgan fingerprint density at radius 2 is 1.55 bits per heavy atom. The average Bonchev–Trinajstić information content (AvgIpc) is 3.66. The molecule has 2 N–H and O–H groups in total. The van der Waals surface area contributed by atoms with Crippen molar-refractivity contribution in [2.24, 2.45) is 0 Å². The number of hydrogen-bond acceptors (Lipinski definition) is 8. The van der Waals surface area contributed by atoms with E-state index in [0.29, 0.717) is 47.2 Å². The van der Waals surface area contributed by atoms with Crippen molar-refractivity contribution >= 4 is 46.2 Å². The van der Waals surface area contributed by atoms with Crippen LogP contribution in [-0.4, -0.2) is 79.5 Å². The van der Waals surface area contributed by atoms with Crippen LogP contribution in [0.1, 0.15) is 56.8 Å². The van der Waals surface area contributed by atoms with E-state index in [-0.39, 0.29) is 17.0 Å². The minimum absolute atomic E-state index is 0.164. The number of piperazine rings is 1. The molecule has 1 aromatic heterocycles. The Morgan fingerprint density at radius 1 is 0.837 bits per heavy atom. The number of nitrogens with one attached hydrogen (secondary N) is 2. The van der Waals surface area contributed by atoms with Gasteiger partial charge < -0.3 is 30.2 Å². The molecule has 3 aliphatic rings. The third-order valence-corrected chi connectivity index (χ3v) is 9.59. The summed E-state index contributed by atoms with van der Waals surface area (Å²) in [4.78, 5) is 44.6.